The van der Waals surface area contributed by atoms with Crippen molar-refractivity contribution in [1.29, 1.82) is 0 Å². The van der Waals surface area contributed by atoms with Crippen LogP contribution >= 0.6 is 0 Å². The van der Waals surface area contributed by atoms with E-state index in [1.165, 1.54) is 15.4 Å². The number of Topliss-reactive ketones (excluding diaryl/α,β-unsaturated/α-hetero) is 1. The van der Waals surface area contributed by atoms with Gasteiger partial charge in [0.15, 0.2) is 11.5 Å². The van der Waals surface area contributed by atoms with Gasteiger partial charge in [-0.1, -0.05) is 31.2 Å². The molecule has 0 amide bonds. The Labute approximate surface area is 165 Å². The first kappa shape index (κ1) is 18.7. The number of benzene rings is 2. The summed E-state index contributed by atoms with van der Waals surface area (Å²) < 4.78 is 5.99. The van der Waals surface area contributed by atoms with Gasteiger partial charge >= 0.3 is 0 Å². The first-order valence-corrected chi connectivity index (χ1v) is 10.1. The van der Waals surface area contributed by atoms with Crippen molar-refractivity contribution in [3.05, 3.63) is 64.4 Å². The summed E-state index contributed by atoms with van der Waals surface area (Å²) in [6, 6.07) is 11.4. The summed E-state index contributed by atoms with van der Waals surface area (Å²) in [5.41, 5.74) is 3.48. The van der Waals surface area contributed by atoms with Crippen molar-refractivity contribution in [2.75, 3.05) is 33.2 Å². The zero-order chi connectivity index (χ0) is 19.7. The van der Waals surface area contributed by atoms with Gasteiger partial charge in [0, 0.05) is 0 Å². The summed E-state index contributed by atoms with van der Waals surface area (Å²) >= 11 is 0. The number of likely N-dealkylation sites (N-methyl/N-ethyl adjacent to an activating group) is 1. The molecule has 1 saturated heterocycles. The lowest BCUT2D eigenvalue weighted by Gasteiger charge is -2.27. The Morgan fingerprint density at radius 1 is 1.07 bits per heavy atom. The van der Waals surface area contributed by atoms with Crippen molar-refractivity contribution in [3.8, 4) is 11.5 Å². The molecule has 0 bridgehead atoms. The highest BCUT2D eigenvalue weighted by molar-refractivity contribution is 6.14. The fraction of sp³-hybridized carbons (Fsp3) is 0.348. The van der Waals surface area contributed by atoms with Crippen LogP contribution in [0.4, 0.5) is 0 Å². The van der Waals surface area contributed by atoms with E-state index in [0.717, 1.165) is 43.7 Å². The smallest absolute Gasteiger partial charge is 0.231 e. The van der Waals surface area contributed by atoms with Crippen LogP contribution in [0.25, 0.3) is 6.08 Å². The average molecular weight is 380 g/mol. The summed E-state index contributed by atoms with van der Waals surface area (Å²) in [5, 5.41) is 10.4. The molecule has 0 atom stereocenters. The molecule has 28 heavy (non-hydrogen) atoms. The summed E-state index contributed by atoms with van der Waals surface area (Å²) in [6.07, 6.45) is 2.77. The van der Waals surface area contributed by atoms with Crippen LogP contribution in [0, 0.1) is 0 Å². The molecular formula is C23H28N2O3+2. The Morgan fingerprint density at radius 2 is 1.79 bits per heavy atom. The summed E-state index contributed by atoms with van der Waals surface area (Å²) in [4.78, 5) is 15.8. The number of hydrogen-bond acceptors (Lipinski definition) is 3. The van der Waals surface area contributed by atoms with Crippen molar-refractivity contribution in [2.45, 2.75) is 19.9 Å². The third-order valence-electron chi connectivity index (χ3n) is 5.84. The van der Waals surface area contributed by atoms with E-state index in [4.69, 9.17) is 4.74 Å². The Hall–Kier alpha value is -2.63. The van der Waals surface area contributed by atoms with Crippen molar-refractivity contribution >= 4 is 11.9 Å². The molecule has 0 saturated carbocycles. The topological polar surface area (TPSA) is 55.4 Å². The maximum absolute atomic E-state index is 12.8. The molecule has 3 N–H and O–H groups in total. The van der Waals surface area contributed by atoms with Crippen molar-refractivity contribution < 1.29 is 24.4 Å². The normalized spacial score (nSPS) is 22.9. The van der Waals surface area contributed by atoms with Gasteiger partial charge in [0.25, 0.3) is 0 Å². The van der Waals surface area contributed by atoms with Crippen LogP contribution in [-0.4, -0.2) is 44.1 Å². The zero-order valence-electron chi connectivity index (χ0n) is 16.5. The highest BCUT2D eigenvalue weighted by Gasteiger charge is 2.33. The maximum Gasteiger partial charge on any atom is 0.231 e. The first-order valence-electron chi connectivity index (χ1n) is 10.1. The van der Waals surface area contributed by atoms with E-state index >= 15 is 0 Å². The van der Waals surface area contributed by atoms with Crippen LogP contribution in [-0.2, 0) is 13.0 Å². The van der Waals surface area contributed by atoms with Gasteiger partial charge in [-0.05, 0) is 35.8 Å². The Bertz CT molecular complexity index is 910. The van der Waals surface area contributed by atoms with Gasteiger partial charge in [0.1, 0.15) is 38.5 Å². The molecule has 0 unspecified atom stereocenters. The van der Waals surface area contributed by atoms with Crippen molar-refractivity contribution in [1.82, 2.24) is 0 Å². The highest BCUT2D eigenvalue weighted by atomic mass is 16.5. The number of aromatic hydroxyl groups is 1. The van der Waals surface area contributed by atoms with Gasteiger partial charge in [0.2, 0.25) is 5.78 Å². The van der Waals surface area contributed by atoms with E-state index < -0.39 is 0 Å². The number of hydrogen-bond donors (Lipinski definition) is 3. The number of quaternary nitrogens is 2. The molecule has 2 aromatic rings. The van der Waals surface area contributed by atoms with Crippen molar-refractivity contribution in [3.63, 3.8) is 0 Å². The lowest BCUT2D eigenvalue weighted by Crippen LogP contribution is -3.26. The lowest BCUT2D eigenvalue weighted by molar-refractivity contribution is -1.01. The number of ketones is 1. The predicted octanol–water partition coefficient (Wildman–Crippen LogP) is 0.484. The van der Waals surface area contributed by atoms with Crippen LogP contribution in [0.1, 0.15) is 34.0 Å². The van der Waals surface area contributed by atoms with E-state index in [1.807, 2.05) is 12.1 Å². The minimum absolute atomic E-state index is 0.117. The molecule has 2 aromatic carbocycles. The van der Waals surface area contributed by atoms with Gasteiger partial charge < -0.3 is 19.6 Å². The van der Waals surface area contributed by atoms with Crippen LogP contribution < -0.4 is 14.5 Å². The summed E-state index contributed by atoms with van der Waals surface area (Å²) in [6.45, 7) is 7.12. The fourth-order valence-corrected chi connectivity index (χ4v) is 3.93. The second-order valence-electron chi connectivity index (χ2n) is 7.86. The van der Waals surface area contributed by atoms with Gasteiger partial charge in [0.05, 0.1) is 18.2 Å². The third kappa shape index (κ3) is 3.68. The van der Waals surface area contributed by atoms with Crippen LogP contribution in [0.15, 0.2) is 42.2 Å². The second kappa shape index (κ2) is 7.78. The molecule has 0 aromatic heterocycles. The van der Waals surface area contributed by atoms with Gasteiger partial charge in [-0.3, -0.25) is 4.79 Å². The predicted molar refractivity (Wildman–Crippen MR) is 108 cm³/mol. The van der Waals surface area contributed by atoms with Crippen LogP contribution in [0.5, 0.6) is 11.5 Å². The molecule has 0 radical (unpaired) electrons. The number of piperazine rings is 1. The third-order valence-corrected chi connectivity index (χ3v) is 5.84. The number of phenols is 1. The minimum atomic E-state index is -0.117. The van der Waals surface area contributed by atoms with Crippen molar-refractivity contribution in [2.24, 2.45) is 0 Å². The number of nitrogens with one attached hydrogen (secondary N) is 2. The van der Waals surface area contributed by atoms with E-state index in [0.29, 0.717) is 23.6 Å². The zero-order valence-corrected chi connectivity index (χ0v) is 16.5. The molecular weight excluding hydrogens is 352 g/mol. The largest absolute Gasteiger partial charge is 0.507 e. The second-order valence-corrected chi connectivity index (χ2v) is 7.86. The number of allylic oxidation sites excluding steroid dienone is 1. The SMILES string of the molecule is CCc1ccc(/C=C2/Oc3c(ccc(O)c3C[NH+]3CC[NH+](C)CC3)C2=O)cc1. The summed E-state index contributed by atoms with van der Waals surface area (Å²) in [5.74, 6) is 0.941. The molecule has 5 heteroatoms. The fourth-order valence-electron chi connectivity index (χ4n) is 3.93. The highest BCUT2D eigenvalue weighted by Crippen LogP contribution is 2.39. The minimum Gasteiger partial charge on any atom is -0.507 e. The van der Waals surface area contributed by atoms with E-state index in [9.17, 15) is 9.90 Å². The standard InChI is InChI=1S/C23H26N2O3/c1-3-16-4-6-17(7-5-16)14-21-22(27)18-8-9-20(26)19(23(18)28-21)15-25-12-10-24(2)11-13-25/h4-9,14,26H,3,10-13,15H2,1-2H3/p+2/b21-14+. The van der Waals surface area contributed by atoms with E-state index in [1.54, 1.807) is 18.2 Å². The quantitative estimate of drug-likeness (QED) is 0.677. The number of carbonyl (C=O) groups is 1. The molecule has 5 nitrogen and oxygen atoms in total. The monoisotopic (exact) mass is 380 g/mol. The number of aryl methyl sites for hydroxylation is 1. The Morgan fingerprint density at radius 3 is 2.46 bits per heavy atom. The molecule has 0 spiro atoms. The number of rotatable bonds is 4. The Kier molecular flexibility index (Phi) is 5.20. The molecule has 2 heterocycles. The molecule has 2 aliphatic heterocycles. The van der Waals surface area contributed by atoms with Gasteiger partial charge in [-0.15, -0.1) is 0 Å². The first-order chi connectivity index (χ1) is 13.5. The van der Waals surface area contributed by atoms with Crippen LogP contribution in [0.3, 0.4) is 0 Å². The molecule has 1 fully saturated rings. The van der Waals surface area contributed by atoms with E-state index in [2.05, 4.69) is 26.1 Å². The number of phenolic OH excluding ortho intramolecular Hbond substituents is 1. The number of carbonyl (C=O) groups excluding carboxylic acids is 1. The number of fused-ring (bicyclic) bond motifs is 1. The average Bonchev–Trinajstić information content (AvgIpc) is 3.02. The number of ether oxygens (including phenoxy) is 1. The summed E-state index contributed by atoms with van der Waals surface area (Å²) in [7, 11) is 2.21. The maximum atomic E-state index is 12.8. The molecule has 146 valence electrons. The van der Waals surface area contributed by atoms with Gasteiger partial charge in [-0.2, -0.15) is 0 Å². The molecule has 0 aliphatic carbocycles. The van der Waals surface area contributed by atoms with E-state index in [-0.39, 0.29) is 11.5 Å². The Balaban J connectivity index is 1.60. The lowest BCUT2D eigenvalue weighted by atomic mass is 10.0. The van der Waals surface area contributed by atoms with Crippen LogP contribution in [0.2, 0.25) is 0 Å². The molecule has 2 aliphatic rings. The molecule has 4 rings (SSSR count). The van der Waals surface area contributed by atoms with Gasteiger partial charge in [-0.25, -0.2) is 0 Å².